The topological polar surface area (TPSA) is 0 Å². The van der Waals surface area contributed by atoms with Crippen LogP contribution >= 0.6 is 23.9 Å². The molecular formula is C24H18BrP. The molecule has 3 aromatic carbocycles. The molecule has 126 valence electrons. The van der Waals surface area contributed by atoms with E-state index in [4.69, 9.17) is 0 Å². The Morgan fingerprint density at radius 1 is 0.846 bits per heavy atom. The zero-order valence-electron chi connectivity index (χ0n) is 14.3. The zero-order valence-corrected chi connectivity index (χ0v) is 16.8. The van der Waals surface area contributed by atoms with Gasteiger partial charge in [-0.2, -0.15) is 0 Å². The summed E-state index contributed by atoms with van der Waals surface area (Å²) in [5, 5.41) is 4.47. The first-order chi connectivity index (χ1) is 12.8. The molecule has 0 aromatic heterocycles. The largest absolute Gasteiger partial charge is 0.0795 e. The molecule has 0 nitrogen and oxygen atoms in total. The Labute approximate surface area is 164 Å². The maximum absolute atomic E-state index is 3.75. The average Bonchev–Trinajstić information content (AvgIpc) is 3.31. The fourth-order valence-corrected chi connectivity index (χ4v) is 7.15. The second-order valence-electron chi connectivity index (χ2n) is 6.75. The normalized spacial score (nSPS) is 15.5. The van der Waals surface area contributed by atoms with Gasteiger partial charge in [0.1, 0.15) is 0 Å². The highest BCUT2D eigenvalue weighted by atomic mass is 79.9. The highest BCUT2D eigenvalue weighted by Crippen LogP contribution is 2.50. The summed E-state index contributed by atoms with van der Waals surface area (Å²) >= 11 is 3.75. The second kappa shape index (κ2) is 6.65. The molecule has 0 heterocycles. The van der Waals surface area contributed by atoms with Crippen LogP contribution in [0.25, 0.3) is 12.2 Å². The monoisotopic (exact) mass is 416 g/mol. The Morgan fingerprint density at radius 2 is 1.69 bits per heavy atom. The third-order valence-corrected chi connectivity index (χ3v) is 8.46. The summed E-state index contributed by atoms with van der Waals surface area (Å²) in [6.45, 7) is 0. The van der Waals surface area contributed by atoms with Crippen molar-refractivity contribution >= 4 is 46.6 Å². The molecule has 0 amide bonds. The van der Waals surface area contributed by atoms with Crippen LogP contribution < -0.4 is 10.6 Å². The standard InChI is InChI=1S/C24H18BrP/c25-23-13-5-9-18-15-20(16-22(18)23)26(19-10-2-1-3-11-19)24-14-6-8-17-7-4-12-21(17)24/h1-6,8-15H,7,16H2. The molecule has 0 radical (unpaired) electrons. The van der Waals surface area contributed by atoms with Crippen molar-refractivity contribution in [3.05, 3.63) is 105 Å². The molecule has 26 heavy (non-hydrogen) atoms. The van der Waals surface area contributed by atoms with Gasteiger partial charge in [0.15, 0.2) is 0 Å². The first-order valence-electron chi connectivity index (χ1n) is 8.93. The zero-order chi connectivity index (χ0) is 17.5. The van der Waals surface area contributed by atoms with Crippen LogP contribution in [0.4, 0.5) is 0 Å². The van der Waals surface area contributed by atoms with Gasteiger partial charge in [0.05, 0.1) is 0 Å². The van der Waals surface area contributed by atoms with E-state index in [1.54, 1.807) is 5.31 Å². The molecule has 0 saturated heterocycles. The first kappa shape index (κ1) is 16.2. The van der Waals surface area contributed by atoms with Gasteiger partial charge in [-0.3, -0.25) is 0 Å². The average molecular weight is 417 g/mol. The van der Waals surface area contributed by atoms with Crippen molar-refractivity contribution in [2.75, 3.05) is 0 Å². The minimum absolute atomic E-state index is 0.525. The Balaban J connectivity index is 1.67. The second-order valence-corrected chi connectivity index (χ2v) is 9.85. The number of halogens is 1. The lowest BCUT2D eigenvalue weighted by molar-refractivity contribution is 1.27. The summed E-state index contributed by atoms with van der Waals surface area (Å²) in [4.78, 5) is 0. The number of rotatable bonds is 3. The van der Waals surface area contributed by atoms with Gasteiger partial charge in [-0.25, -0.2) is 0 Å². The lowest BCUT2D eigenvalue weighted by Gasteiger charge is -2.23. The molecule has 2 heteroatoms. The van der Waals surface area contributed by atoms with Crippen molar-refractivity contribution in [3.8, 4) is 0 Å². The van der Waals surface area contributed by atoms with Crippen LogP contribution in [-0.2, 0) is 12.8 Å². The lowest BCUT2D eigenvalue weighted by Crippen LogP contribution is -2.16. The Hall–Kier alpha value is -1.95. The van der Waals surface area contributed by atoms with Gasteiger partial charge in [0, 0.05) is 10.9 Å². The minimum atomic E-state index is -0.525. The summed E-state index contributed by atoms with van der Waals surface area (Å²) in [6, 6.07) is 24.4. The van der Waals surface area contributed by atoms with E-state index in [2.05, 4.69) is 101 Å². The molecule has 2 aliphatic carbocycles. The van der Waals surface area contributed by atoms with Gasteiger partial charge in [0.2, 0.25) is 0 Å². The molecule has 0 saturated carbocycles. The Bertz CT molecular complexity index is 1050. The fraction of sp³-hybridized carbons (Fsp3) is 0.0833. The highest BCUT2D eigenvalue weighted by Gasteiger charge is 2.27. The Kier molecular flexibility index (Phi) is 4.15. The molecule has 0 aliphatic heterocycles. The number of fused-ring (bicyclic) bond motifs is 2. The molecule has 0 bridgehead atoms. The maximum Gasteiger partial charge on any atom is 0.0216 e. The molecule has 1 unspecified atom stereocenters. The fourth-order valence-electron chi connectivity index (χ4n) is 3.96. The van der Waals surface area contributed by atoms with E-state index in [9.17, 15) is 0 Å². The van der Waals surface area contributed by atoms with E-state index in [1.807, 2.05) is 0 Å². The van der Waals surface area contributed by atoms with Gasteiger partial charge < -0.3 is 0 Å². The van der Waals surface area contributed by atoms with Gasteiger partial charge in [-0.05, 0) is 64.7 Å². The molecule has 0 spiro atoms. The van der Waals surface area contributed by atoms with E-state index in [-0.39, 0.29) is 0 Å². The summed E-state index contributed by atoms with van der Waals surface area (Å²) < 4.78 is 1.22. The molecule has 2 aliphatic rings. The van der Waals surface area contributed by atoms with Crippen LogP contribution in [0.5, 0.6) is 0 Å². The summed E-state index contributed by atoms with van der Waals surface area (Å²) in [7, 11) is -0.525. The van der Waals surface area contributed by atoms with Crippen molar-refractivity contribution in [1.29, 1.82) is 0 Å². The van der Waals surface area contributed by atoms with Crippen LogP contribution in [0.15, 0.2) is 82.6 Å². The third-order valence-electron chi connectivity index (χ3n) is 5.17. The summed E-state index contributed by atoms with van der Waals surface area (Å²) in [6.07, 6.45) is 9.14. The predicted molar refractivity (Wildman–Crippen MR) is 118 cm³/mol. The first-order valence-corrected chi connectivity index (χ1v) is 11.1. The van der Waals surface area contributed by atoms with E-state index in [0.29, 0.717) is 0 Å². The smallest absolute Gasteiger partial charge is 0.0216 e. The minimum Gasteiger partial charge on any atom is -0.0795 e. The summed E-state index contributed by atoms with van der Waals surface area (Å²) in [5.41, 5.74) is 5.69. The Morgan fingerprint density at radius 3 is 2.54 bits per heavy atom. The van der Waals surface area contributed by atoms with E-state index < -0.39 is 7.92 Å². The summed E-state index contributed by atoms with van der Waals surface area (Å²) in [5.74, 6) is 0. The third kappa shape index (κ3) is 2.71. The van der Waals surface area contributed by atoms with Gasteiger partial charge >= 0.3 is 0 Å². The predicted octanol–water partition coefficient (Wildman–Crippen LogP) is 6.05. The van der Waals surface area contributed by atoms with Crippen LogP contribution in [0.2, 0.25) is 0 Å². The molecule has 1 atom stereocenters. The van der Waals surface area contributed by atoms with Crippen molar-refractivity contribution in [3.63, 3.8) is 0 Å². The van der Waals surface area contributed by atoms with Crippen molar-refractivity contribution in [2.24, 2.45) is 0 Å². The van der Waals surface area contributed by atoms with Crippen molar-refractivity contribution in [1.82, 2.24) is 0 Å². The van der Waals surface area contributed by atoms with E-state index in [1.165, 1.54) is 37.3 Å². The SMILES string of the molecule is Brc1cccc2c1CC(P(c1ccccc1)c1cccc3c1C=CC3)=C2. The van der Waals surface area contributed by atoms with Crippen molar-refractivity contribution in [2.45, 2.75) is 12.8 Å². The van der Waals surface area contributed by atoms with E-state index >= 15 is 0 Å². The van der Waals surface area contributed by atoms with Crippen molar-refractivity contribution < 1.29 is 0 Å². The van der Waals surface area contributed by atoms with Crippen LogP contribution in [0.1, 0.15) is 22.3 Å². The molecular weight excluding hydrogens is 399 g/mol. The van der Waals surface area contributed by atoms with Gasteiger partial charge in [0.25, 0.3) is 0 Å². The van der Waals surface area contributed by atoms with Crippen LogP contribution in [0, 0.1) is 0 Å². The van der Waals surface area contributed by atoms with Crippen LogP contribution in [0.3, 0.4) is 0 Å². The molecule has 3 aromatic rings. The lowest BCUT2D eigenvalue weighted by atomic mass is 10.1. The molecule has 0 fully saturated rings. The van der Waals surface area contributed by atoms with Crippen LogP contribution in [-0.4, -0.2) is 0 Å². The molecule has 0 N–H and O–H groups in total. The number of hydrogen-bond acceptors (Lipinski definition) is 0. The number of benzene rings is 3. The maximum atomic E-state index is 3.75. The number of hydrogen-bond donors (Lipinski definition) is 0. The quantitative estimate of drug-likeness (QED) is 0.456. The van der Waals surface area contributed by atoms with E-state index in [0.717, 1.165) is 12.8 Å². The molecule has 5 rings (SSSR count). The number of allylic oxidation sites excluding steroid dienone is 2. The highest BCUT2D eigenvalue weighted by molar-refractivity contribution is 9.10. The van der Waals surface area contributed by atoms with Gasteiger partial charge in [-0.1, -0.05) is 88.7 Å². The van der Waals surface area contributed by atoms with Gasteiger partial charge in [-0.15, -0.1) is 0 Å².